The van der Waals surface area contributed by atoms with Gasteiger partial charge in [0.25, 0.3) is 0 Å². The Morgan fingerprint density at radius 1 is 0.857 bits per heavy atom. The van der Waals surface area contributed by atoms with Crippen molar-refractivity contribution in [2.45, 2.75) is 50.7 Å². The minimum Gasteiger partial charge on any atom is -0.387 e. The van der Waals surface area contributed by atoms with Gasteiger partial charge in [-0.15, -0.1) is 12.4 Å². The molecule has 1 saturated heterocycles. The molecule has 1 aliphatic carbocycles. The number of piperidine rings is 1. The minimum atomic E-state index is -0.430. The number of β-amino-alcohol motifs (C(OH)–C–C–N with tert-alkyl or cyclic N) is 1. The number of halogens is 1. The molecule has 1 N–H and O–H groups in total. The van der Waals surface area contributed by atoms with Crippen molar-refractivity contribution in [2.24, 2.45) is 5.92 Å². The number of aliphatic hydroxyl groups excluding tert-OH is 1. The van der Waals surface area contributed by atoms with Crippen LogP contribution >= 0.6 is 12.4 Å². The summed E-state index contributed by atoms with van der Waals surface area (Å²) >= 11 is 0. The van der Waals surface area contributed by atoms with Crippen molar-refractivity contribution in [3.05, 3.63) is 60.2 Å². The van der Waals surface area contributed by atoms with Crippen LogP contribution in [0, 0.1) is 5.92 Å². The highest BCUT2D eigenvalue weighted by Crippen LogP contribution is 2.37. The van der Waals surface area contributed by atoms with Gasteiger partial charge in [0.05, 0.1) is 6.10 Å². The van der Waals surface area contributed by atoms with E-state index >= 15 is 0 Å². The molecule has 0 spiro atoms. The van der Waals surface area contributed by atoms with Crippen LogP contribution in [0.5, 0.6) is 0 Å². The first-order chi connectivity index (χ1) is 13.3. The van der Waals surface area contributed by atoms with Gasteiger partial charge in [-0.05, 0) is 71.3 Å². The summed E-state index contributed by atoms with van der Waals surface area (Å²) in [5.74, 6) is 0.855. The monoisotopic (exact) mass is 395 g/mol. The lowest BCUT2D eigenvalue weighted by Crippen LogP contribution is -2.48. The van der Waals surface area contributed by atoms with E-state index in [1.54, 1.807) is 0 Å². The standard InChI is InChI=1S/C25H29NO.ClH/c27-25(17-26-15-7-10-18-8-2-6-14-24(18)26)23-16-19-9-1-3-11-20(19)21-12-4-5-13-22(21)23;/h1,3-5,9,11-13,16,18,24-25,27H,2,6-8,10,14-15,17H2;1H. The van der Waals surface area contributed by atoms with Gasteiger partial charge in [0.2, 0.25) is 0 Å². The Labute approximate surface area is 174 Å². The Hall–Kier alpha value is -1.61. The van der Waals surface area contributed by atoms with Crippen molar-refractivity contribution in [3.8, 4) is 0 Å². The molecule has 3 atom stereocenters. The van der Waals surface area contributed by atoms with Crippen LogP contribution in [0.3, 0.4) is 0 Å². The lowest BCUT2D eigenvalue weighted by Gasteiger charge is -2.45. The summed E-state index contributed by atoms with van der Waals surface area (Å²) in [6.07, 6.45) is 7.69. The lowest BCUT2D eigenvalue weighted by atomic mass is 9.78. The number of aliphatic hydroxyl groups is 1. The second-order valence-electron chi connectivity index (χ2n) is 8.50. The maximum Gasteiger partial charge on any atom is 0.0923 e. The van der Waals surface area contributed by atoms with Crippen molar-refractivity contribution >= 4 is 34.0 Å². The van der Waals surface area contributed by atoms with E-state index in [4.69, 9.17) is 0 Å². The van der Waals surface area contributed by atoms with E-state index in [0.717, 1.165) is 24.6 Å². The molecule has 148 valence electrons. The van der Waals surface area contributed by atoms with E-state index in [1.807, 2.05) is 0 Å². The molecular weight excluding hydrogens is 366 g/mol. The topological polar surface area (TPSA) is 23.5 Å². The Kier molecular flexibility index (Phi) is 5.91. The first-order valence-corrected chi connectivity index (χ1v) is 10.6. The third-order valence-corrected chi connectivity index (χ3v) is 6.92. The van der Waals surface area contributed by atoms with Gasteiger partial charge in [-0.25, -0.2) is 0 Å². The minimum absolute atomic E-state index is 0. The van der Waals surface area contributed by atoms with Crippen LogP contribution in [0.2, 0.25) is 0 Å². The second-order valence-corrected chi connectivity index (χ2v) is 8.50. The molecule has 5 rings (SSSR count). The molecule has 1 aliphatic heterocycles. The number of hydrogen-bond acceptors (Lipinski definition) is 2. The maximum atomic E-state index is 11.3. The van der Waals surface area contributed by atoms with Gasteiger partial charge in [-0.1, -0.05) is 61.4 Å². The number of rotatable bonds is 3. The summed E-state index contributed by atoms with van der Waals surface area (Å²) in [5, 5.41) is 16.2. The third kappa shape index (κ3) is 3.54. The molecule has 28 heavy (non-hydrogen) atoms. The normalized spacial score (nSPS) is 23.9. The van der Waals surface area contributed by atoms with Crippen LogP contribution in [-0.4, -0.2) is 29.1 Å². The fraction of sp³-hybridized carbons (Fsp3) is 0.440. The third-order valence-electron chi connectivity index (χ3n) is 6.92. The van der Waals surface area contributed by atoms with Crippen LogP contribution in [0.25, 0.3) is 21.5 Å². The summed E-state index contributed by atoms with van der Waals surface area (Å²) in [4.78, 5) is 2.60. The SMILES string of the molecule is Cl.OC(CN1CCCC2CCCCC21)c1cc2ccccc2c2ccccc12. The molecule has 3 aromatic rings. The molecule has 0 bridgehead atoms. The van der Waals surface area contributed by atoms with Gasteiger partial charge in [-0.2, -0.15) is 0 Å². The molecule has 0 amide bonds. The highest BCUT2D eigenvalue weighted by Gasteiger charge is 2.34. The second kappa shape index (κ2) is 8.41. The fourth-order valence-corrected chi connectivity index (χ4v) is 5.63. The summed E-state index contributed by atoms with van der Waals surface area (Å²) in [6.45, 7) is 1.91. The van der Waals surface area contributed by atoms with Crippen molar-refractivity contribution in [1.82, 2.24) is 4.90 Å². The smallest absolute Gasteiger partial charge is 0.0923 e. The fourth-order valence-electron chi connectivity index (χ4n) is 5.63. The van der Waals surface area contributed by atoms with Crippen molar-refractivity contribution < 1.29 is 5.11 Å². The molecule has 0 aromatic heterocycles. The summed E-state index contributed by atoms with van der Waals surface area (Å²) < 4.78 is 0. The molecule has 0 radical (unpaired) electrons. The van der Waals surface area contributed by atoms with Crippen LogP contribution in [0.4, 0.5) is 0 Å². The molecule has 3 unspecified atom stereocenters. The van der Waals surface area contributed by atoms with Crippen molar-refractivity contribution in [3.63, 3.8) is 0 Å². The molecule has 2 nitrogen and oxygen atoms in total. The van der Waals surface area contributed by atoms with E-state index in [9.17, 15) is 5.11 Å². The number of hydrogen-bond donors (Lipinski definition) is 1. The van der Waals surface area contributed by atoms with Crippen LogP contribution in [0.15, 0.2) is 54.6 Å². The van der Waals surface area contributed by atoms with E-state index in [1.165, 1.54) is 60.1 Å². The molecular formula is C25H30ClNO. The molecule has 3 heteroatoms. The maximum absolute atomic E-state index is 11.3. The van der Waals surface area contributed by atoms with Crippen LogP contribution < -0.4 is 0 Å². The number of likely N-dealkylation sites (tertiary alicyclic amines) is 1. The van der Waals surface area contributed by atoms with Gasteiger partial charge in [0.15, 0.2) is 0 Å². The predicted octanol–water partition coefficient (Wildman–Crippen LogP) is 6.10. The van der Waals surface area contributed by atoms with E-state index in [-0.39, 0.29) is 12.4 Å². The zero-order chi connectivity index (χ0) is 18.2. The van der Waals surface area contributed by atoms with Gasteiger partial charge in [-0.3, -0.25) is 4.90 Å². The average molecular weight is 396 g/mol. The van der Waals surface area contributed by atoms with E-state index < -0.39 is 6.10 Å². The number of fused-ring (bicyclic) bond motifs is 4. The molecule has 3 aromatic carbocycles. The Morgan fingerprint density at radius 2 is 1.54 bits per heavy atom. The first kappa shape index (κ1) is 19.7. The van der Waals surface area contributed by atoms with Gasteiger partial charge in [0.1, 0.15) is 0 Å². The Morgan fingerprint density at radius 3 is 2.39 bits per heavy atom. The summed E-state index contributed by atoms with van der Waals surface area (Å²) in [6, 6.07) is 20.0. The van der Waals surface area contributed by atoms with Crippen LogP contribution in [-0.2, 0) is 0 Å². The van der Waals surface area contributed by atoms with Gasteiger partial charge < -0.3 is 5.11 Å². The van der Waals surface area contributed by atoms with Gasteiger partial charge >= 0.3 is 0 Å². The van der Waals surface area contributed by atoms with E-state index in [0.29, 0.717) is 6.04 Å². The highest BCUT2D eigenvalue weighted by molar-refractivity contribution is 6.09. The molecule has 2 aliphatic rings. The van der Waals surface area contributed by atoms with E-state index in [2.05, 4.69) is 59.5 Å². The quantitative estimate of drug-likeness (QED) is 0.541. The largest absolute Gasteiger partial charge is 0.387 e. The predicted molar refractivity (Wildman–Crippen MR) is 120 cm³/mol. The van der Waals surface area contributed by atoms with Gasteiger partial charge in [0, 0.05) is 12.6 Å². The van der Waals surface area contributed by atoms with Crippen molar-refractivity contribution in [1.29, 1.82) is 0 Å². The summed E-state index contributed by atoms with van der Waals surface area (Å²) in [7, 11) is 0. The Balaban J connectivity index is 0.00000192. The average Bonchev–Trinajstić information content (AvgIpc) is 2.73. The summed E-state index contributed by atoms with van der Waals surface area (Å²) in [5.41, 5.74) is 1.09. The van der Waals surface area contributed by atoms with Crippen LogP contribution in [0.1, 0.15) is 50.2 Å². The number of nitrogens with zero attached hydrogens (tertiary/aromatic N) is 1. The zero-order valence-electron chi connectivity index (χ0n) is 16.4. The Bertz CT molecular complexity index is 954. The zero-order valence-corrected chi connectivity index (χ0v) is 17.2. The molecule has 1 heterocycles. The number of benzene rings is 3. The first-order valence-electron chi connectivity index (χ1n) is 10.6. The lowest BCUT2D eigenvalue weighted by molar-refractivity contribution is 0.0209. The highest BCUT2D eigenvalue weighted by atomic mass is 35.5. The molecule has 1 saturated carbocycles. The molecule has 2 fully saturated rings. The van der Waals surface area contributed by atoms with Crippen molar-refractivity contribution in [2.75, 3.05) is 13.1 Å².